The van der Waals surface area contributed by atoms with Crippen LogP contribution in [0.2, 0.25) is 36.3 Å². The quantitative estimate of drug-likeness (QED) is 0.0285. The molecule has 0 aromatic heterocycles. The second kappa shape index (κ2) is 28.2. The molecule has 3 nitrogen and oxygen atoms in total. The SMILES string of the molecule is CCCCN(P(c1cccc([Si](CCCC)(CCCC)CCCC)c1)c1cccc([Si](CCCC)(CCCC)CCCC)c1)P(c1ccccc1OC(F)(F)F)c1ccccc1OC(F)(F)F. The first-order chi connectivity index (χ1) is 32.1. The van der Waals surface area contributed by atoms with Gasteiger partial charge in [-0.1, -0.05) is 251 Å². The van der Waals surface area contributed by atoms with Crippen molar-refractivity contribution in [1.82, 2.24) is 4.44 Å². The third-order valence-electron chi connectivity index (χ3n) is 13.3. The van der Waals surface area contributed by atoms with Crippen molar-refractivity contribution in [3.63, 3.8) is 0 Å². The minimum atomic E-state index is -5.03. The highest BCUT2D eigenvalue weighted by Crippen LogP contribution is 2.57. The van der Waals surface area contributed by atoms with E-state index in [4.69, 9.17) is 9.47 Å². The van der Waals surface area contributed by atoms with Gasteiger partial charge in [-0.15, -0.1) is 26.3 Å². The molecule has 13 heteroatoms. The number of rotatable bonds is 31. The lowest BCUT2D eigenvalue weighted by Crippen LogP contribution is -2.49. The molecule has 0 N–H and O–H groups in total. The second-order valence-corrected chi connectivity index (χ2v) is 32.2. The summed E-state index contributed by atoms with van der Waals surface area (Å²) in [6.45, 7) is 16.1. The van der Waals surface area contributed by atoms with Gasteiger partial charge >= 0.3 is 12.7 Å². The first-order valence-electron chi connectivity index (χ1n) is 25.4. The molecule has 4 aromatic rings. The molecular formula is C54H79F6NO2P2Si2. The highest BCUT2D eigenvalue weighted by atomic mass is 31.2. The number of para-hydroxylation sites is 2. The van der Waals surface area contributed by atoms with Crippen molar-refractivity contribution in [3.05, 3.63) is 97.1 Å². The van der Waals surface area contributed by atoms with Crippen LogP contribution < -0.4 is 41.1 Å². The molecule has 4 aromatic carbocycles. The van der Waals surface area contributed by atoms with E-state index in [1.165, 1.54) is 70.9 Å². The zero-order valence-corrected chi connectivity index (χ0v) is 45.3. The van der Waals surface area contributed by atoms with E-state index < -0.39 is 56.5 Å². The van der Waals surface area contributed by atoms with Gasteiger partial charge in [0.2, 0.25) is 0 Å². The molecule has 372 valence electrons. The van der Waals surface area contributed by atoms with E-state index in [9.17, 15) is 26.3 Å². The van der Waals surface area contributed by atoms with Crippen LogP contribution in [-0.2, 0) is 0 Å². The number of ether oxygens (including phenoxy) is 2. The summed E-state index contributed by atoms with van der Waals surface area (Å²) in [5, 5.41) is 5.39. The summed E-state index contributed by atoms with van der Waals surface area (Å²) in [6.07, 6.45) is 4.96. The summed E-state index contributed by atoms with van der Waals surface area (Å²) in [7, 11) is -7.87. The van der Waals surface area contributed by atoms with Gasteiger partial charge in [0.1, 0.15) is 11.5 Å². The number of hydrogen-bond acceptors (Lipinski definition) is 3. The van der Waals surface area contributed by atoms with E-state index in [0.29, 0.717) is 13.0 Å². The summed E-state index contributed by atoms with van der Waals surface area (Å²) in [5.41, 5.74) is 0. The molecule has 0 unspecified atom stereocenters. The lowest BCUT2D eigenvalue weighted by molar-refractivity contribution is -0.275. The number of alkyl halides is 6. The topological polar surface area (TPSA) is 21.7 Å². The van der Waals surface area contributed by atoms with Crippen molar-refractivity contribution in [2.45, 2.75) is 187 Å². The number of halogens is 6. The summed E-state index contributed by atoms with van der Waals surface area (Å²) in [5.74, 6) is -0.839. The maximum atomic E-state index is 14.4. The predicted octanol–water partition coefficient (Wildman–Crippen LogP) is 16.1. The molecule has 67 heavy (non-hydrogen) atoms. The fourth-order valence-corrected chi connectivity index (χ4v) is 27.5. The molecule has 4 rings (SSSR count). The monoisotopic (exact) mass is 1010 g/mol. The van der Waals surface area contributed by atoms with Gasteiger partial charge in [0.05, 0.1) is 16.1 Å². The van der Waals surface area contributed by atoms with Crippen molar-refractivity contribution >= 4 is 63.9 Å². The summed E-state index contributed by atoms with van der Waals surface area (Å²) >= 11 is 0. The first kappa shape index (κ1) is 56.9. The first-order valence-corrected chi connectivity index (χ1v) is 33.3. The van der Waals surface area contributed by atoms with Crippen molar-refractivity contribution in [2.24, 2.45) is 0 Å². The molecule has 0 atom stereocenters. The van der Waals surface area contributed by atoms with Crippen LogP contribution in [-0.4, -0.2) is 39.9 Å². The standard InChI is InChI=1S/C54H79F6NO2P2Si2/c1-8-15-36-61(65(51-34-24-22-32-49(51)62-53(55,56)57)52-35-25-23-33-50(52)63-54(58,59)60)64(45-28-26-30-47(43-45)66(37-16-9-2,38-17-10-3)39-18-11-4)46-29-27-31-48(44-46)67(40-19-12-5,41-20-13-6)42-21-14-7/h22-35,43-44H,8-21,36-42H2,1-7H3. The third kappa shape index (κ3) is 16.7. The summed E-state index contributed by atoms with van der Waals surface area (Å²) < 4.78 is 98.5. The summed E-state index contributed by atoms with van der Waals surface area (Å²) in [4.78, 5) is 0. The van der Waals surface area contributed by atoms with E-state index in [2.05, 4.69) is 101 Å². The van der Waals surface area contributed by atoms with Crippen molar-refractivity contribution in [2.75, 3.05) is 6.54 Å². The zero-order chi connectivity index (χ0) is 48.9. The Morgan fingerprint density at radius 2 is 0.746 bits per heavy atom. The van der Waals surface area contributed by atoms with E-state index in [0.717, 1.165) is 94.1 Å². The predicted molar refractivity (Wildman–Crippen MR) is 282 cm³/mol. The molecule has 0 saturated carbocycles. The number of unbranched alkanes of at least 4 members (excludes halogenated alkanes) is 7. The average Bonchev–Trinajstić information content (AvgIpc) is 3.31. The lowest BCUT2D eigenvalue weighted by Gasteiger charge is -2.41. The molecule has 0 aliphatic carbocycles. The Kier molecular flexibility index (Phi) is 24.0. The van der Waals surface area contributed by atoms with Crippen LogP contribution in [0.15, 0.2) is 97.1 Å². The maximum absolute atomic E-state index is 14.4. The Balaban J connectivity index is 2.23. The van der Waals surface area contributed by atoms with Gasteiger partial charge in [0.15, 0.2) is 0 Å². The Morgan fingerprint density at radius 1 is 0.418 bits per heavy atom. The molecular weight excluding hydrogens is 927 g/mol. The van der Waals surface area contributed by atoms with Crippen molar-refractivity contribution < 1.29 is 35.8 Å². The molecule has 0 bridgehead atoms. The Hall–Kier alpha value is -2.69. The maximum Gasteiger partial charge on any atom is 0.573 e. The minimum Gasteiger partial charge on any atom is -0.405 e. The van der Waals surface area contributed by atoms with Crippen LogP contribution in [0.5, 0.6) is 11.5 Å². The van der Waals surface area contributed by atoms with Gasteiger partial charge < -0.3 is 9.47 Å². The highest BCUT2D eigenvalue weighted by molar-refractivity contribution is 7.85. The van der Waals surface area contributed by atoms with Crippen molar-refractivity contribution in [1.29, 1.82) is 0 Å². The fraction of sp³-hybridized carbons (Fsp3) is 0.556. The van der Waals surface area contributed by atoms with E-state index >= 15 is 0 Å². The van der Waals surface area contributed by atoms with Gasteiger partial charge in [-0.25, -0.2) is 4.44 Å². The number of hydrogen-bond donors (Lipinski definition) is 0. The highest BCUT2D eigenvalue weighted by Gasteiger charge is 2.42. The van der Waals surface area contributed by atoms with Gasteiger partial charge in [-0.05, 0) is 41.3 Å². The van der Waals surface area contributed by atoms with E-state index in [-0.39, 0.29) is 10.6 Å². The van der Waals surface area contributed by atoms with Crippen LogP contribution in [0.25, 0.3) is 0 Å². The van der Waals surface area contributed by atoms with Crippen LogP contribution in [0.3, 0.4) is 0 Å². The number of nitrogens with zero attached hydrogens (tertiary/aromatic N) is 1. The third-order valence-corrected chi connectivity index (χ3v) is 29.8. The smallest absolute Gasteiger partial charge is 0.405 e. The second-order valence-electron chi connectivity index (χ2n) is 18.4. The van der Waals surface area contributed by atoms with Gasteiger partial charge in [0.25, 0.3) is 0 Å². The molecule has 0 radical (unpaired) electrons. The van der Waals surface area contributed by atoms with E-state index in [1.54, 1.807) is 24.3 Å². The molecule has 0 spiro atoms. The average molecular weight is 1010 g/mol. The molecule has 0 saturated heterocycles. The largest absolute Gasteiger partial charge is 0.573 e. The van der Waals surface area contributed by atoms with Gasteiger partial charge in [-0.2, -0.15) is 0 Å². The van der Waals surface area contributed by atoms with Gasteiger partial charge in [-0.3, -0.25) is 0 Å². The molecule has 0 heterocycles. The molecule has 0 amide bonds. The molecule has 0 aliphatic rings. The lowest BCUT2D eigenvalue weighted by atomic mass is 10.3. The van der Waals surface area contributed by atoms with Crippen LogP contribution in [0.4, 0.5) is 26.3 Å². The molecule has 0 aliphatic heterocycles. The fourth-order valence-electron chi connectivity index (χ4n) is 9.71. The van der Waals surface area contributed by atoms with Crippen LogP contribution in [0.1, 0.15) is 138 Å². The minimum absolute atomic E-state index is 0.194. The Bertz CT molecular complexity index is 1860. The van der Waals surface area contributed by atoms with Crippen molar-refractivity contribution in [3.8, 4) is 11.5 Å². The van der Waals surface area contributed by atoms with Crippen LogP contribution in [0, 0.1) is 0 Å². The normalized spacial score (nSPS) is 12.7. The van der Waals surface area contributed by atoms with Gasteiger partial charge in [0, 0.05) is 33.3 Å². The molecule has 0 fully saturated rings. The Labute approximate surface area is 404 Å². The Morgan fingerprint density at radius 3 is 1.06 bits per heavy atom. The zero-order valence-electron chi connectivity index (χ0n) is 41.5. The van der Waals surface area contributed by atoms with E-state index in [1.807, 2.05) is 0 Å². The number of benzene rings is 4. The summed E-state index contributed by atoms with van der Waals surface area (Å²) in [6, 6.07) is 37.6. The van der Waals surface area contributed by atoms with Crippen LogP contribution >= 0.6 is 16.1 Å².